The zero-order valence-corrected chi connectivity index (χ0v) is 16.6. The van der Waals surface area contributed by atoms with Gasteiger partial charge in [-0.3, -0.25) is 9.97 Å². The van der Waals surface area contributed by atoms with Crippen LogP contribution in [0.15, 0.2) is 52.6 Å². The van der Waals surface area contributed by atoms with E-state index in [0.717, 1.165) is 12.5 Å². The van der Waals surface area contributed by atoms with E-state index in [1.54, 1.807) is 19.3 Å². The highest BCUT2D eigenvalue weighted by molar-refractivity contribution is 7.93. The Kier molecular flexibility index (Phi) is 5.34. The molecule has 0 aliphatic heterocycles. The summed E-state index contributed by atoms with van der Waals surface area (Å²) in [6.45, 7) is 2.53. The van der Waals surface area contributed by atoms with Crippen molar-refractivity contribution in [2.24, 2.45) is 4.36 Å². The van der Waals surface area contributed by atoms with Crippen molar-refractivity contribution in [2.45, 2.75) is 25.0 Å². The first-order valence-corrected chi connectivity index (χ1v) is 10.9. The van der Waals surface area contributed by atoms with Crippen molar-refractivity contribution in [1.82, 2.24) is 15.0 Å². The Morgan fingerprint density at radius 2 is 2.04 bits per heavy atom. The standard InChI is InChI=1S/C18H18F2N4OS2/c1-12(13-6-7-16(22-10-13)18(2,19)20)27(3,25)24-17-23-15(11-26-17)14-5-4-8-21-9-14/h4-12H,1-3H3. The summed E-state index contributed by atoms with van der Waals surface area (Å²) in [6.07, 6.45) is 6.24. The SMILES string of the molecule is CC(c1ccc(C(C)(F)F)nc1)S(C)(=O)=Nc1nc(-c2cccnc2)cs1. The van der Waals surface area contributed by atoms with E-state index in [-0.39, 0.29) is 5.69 Å². The summed E-state index contributed by atoms with van der Waals surface area (Å²) in [7, 11) is -2.70. The summed E-state index contributed by atoms with van der Waals surface area (Å²) in [5.74, 6) is -3.01. The third-order valence-electron chi connectivity index (χ3n) is 4.07. The topological polar surface area (TPSA) is 68.1 Å². The molecule has 0 amide bonds. The lowest BCUT2D eigenvalue weighted by molar-refractivity contribution is 0.0127. The molecule has 9 heteroatoms. The molecule has 3 aromatic rings. The fraction of sp³-hybridized carbons (Fsp3) is 0.278. The van der Waals surface area contributed by atoms with Crippen LogP contribution < -0.4 is 0 Å². The van der Waals surface area contributed by atoms with Gasteiger partial charge in [0, 0.05) is 42.7 Å². The van der Waals surface area contributed by atoms with Crippen LogP contribution in [-0.4, -0.2) is 25.4 Å². The van der Waals surface area contributed by atoms with E-state index in [1.165, 1.54) is 35.9 Å². The van der Waals surface area contributed by atoms with Gasteiger partial charge in [-0.05, 0) is 30.7 Å². The number of pyridine rings is 2. The summed E-state index contributed by atoms with van der Waals surface area (Å²) in [5.41, 5.74) is 1.83. The molecule has 0 saturated carbocycles. The summed E-state index contributed by atoms with van der Waals surface area (Å²) < 4.78 is 44.0. The van der Waals surface area contributed by atoms with Gasteiger partial charge in [0.25, 0.3) is 5.92 Å². The number of aromatic nitrogens is 3. The molecule has 3 rings (SSSR count). The molecule has 142 valence electrons. The van der Waals surface area contributed by atoms with Crippen molar-refractivity contribution >= 4 is 26.2 Å². The van der Waals surface area contributed by atoms with Gasteiger partial charge >= 0.3 is 0 Å². The summed E-state index contributed by atoms with van der Waals surface area (Å²) in [5, 5.41) is 1.74. The molecule has 0 aromatic carbocycles. The predicted molar refractivity (Wildman–Crippen MR) is 104 cm³/mol. The number of nitrogens with zero attached hydrogens (tertiary/aromatic N) is 4. The number of alkyl halides is 2. The van der Waals surface area contributed by atoms with E-state index in [0.29, 0.717) is 16.4 Å². The average molecular weight is 408 g/mol. The largest absolute Gasteiger partial charge is 0.286 e. The van der Waals surface area contributed by atoms with Gasteiger partial charge in [-0.25, -0.2) is 9.19 Å². The van der Waals surface area contributed by atoms with E-state index >= 15 is 0 Å². The molecular formula is C18H18F2N4OS2. The van der Waals surface area contributed by atoms with Crippen LogP contribution in [-0.2, 0) is 15.7 Å². The minimum Gasteiger partial charge on any atom is -0.264 e. The van der Waals surface area contributed by atoms with Gasteiger partial charge in [0.2, 0.25) is 5.13 Å². The van der Waals surface area contributed by atoms with Gasteiger partial charge in [-0.1, -0.05) is 6.07 Å². The average Bonchev–Trinajstić information content (AvgIpc) is 3.09. The predicted octanol–water partition coefficient (Wildman–Crippen LogP) is 5.20. The van der Waals surface area contributed by atoms with Crippen molar-refractivity contribution in [3.63, 3.8) is 0 Å². The van der Waals surface area contributed by atoms with E-state index in [2.05, 4.69) is 19.3 Å². The van der Waals surface area contributed by atoms with Gasteiger partial charge in [-0.15, -0.1) is 11.3 Å². The normalized spacial score (nSPS) is 15.1. The van der Waals surface area contributed by atoms with E-state index in [9.17, 15) is 13.0 Å². The summed E-state index contributed by atoms with van der Waals surface area (Å²) >= 11 is 1.29. The maximum atomic E-state index is 13.3. The van der Waals surface area contributed by atoms with E-state index in [4.69, 9.17) is 0 Å². The number of rotatable bonds is 5. The quantitative estimate of drug-likeness (QED) is 0.582. The van der Waals surface area contributed by atoms with E-state index < -0.39 is 20.9 Å². The maximum absolute atomic E-state index is 13.3. The Hall–Kier alpha value is -2.26. The molecule has 2 atom stereocenters. The van der Waals surface area contributed by atoms with Gasteiger partial charge in [0.1, 0.15) is 5.69 Å². The lowest BCUT2D eigenvalue weighted by Gasteiger charge is -2.15. The van der Waals surface area contributed by atoms with Crippen LogP contribution in [0.5, 0.6) is 0 Å². The lowest BCUT2D eigenvalue weighted by atomic mass is 10.1. The molecule has 27 heavy (non-hydrogen) atoms. The Bertz CT molecular complexity index is 1040. The minimum atomic E-state index is -3.01. The maximum Gasteiger partial charge on any atom is 0.286 e. The first-order valence-electron chi connectivity index (χ1n) is 8.08. The molecule has 2 unspecified atom stereocenters. The summed E-state index contributed by atoms with van der Waals surface area (Å²) in [6, 6.07) is 6.47. The third kappa shape index (κ3) is 4.54. The molecule has 0 aliphatic rings. The van der Waals surface area contributed by atoms with Crippen molar-refractivity contribution in [2.75, 3.05) is 6.26 Å². The van der Waals surface area contributed by atoms with Crippen LogP contribution in [0.1, 0.15) is 30.4 Å². The van der Waals surface area contributed by atoms with Gasteiger partial charge < -0.3 is 0 Å². The van der Waals surface area contributed by atoms with Crippen LogP contribution in [0, 0.1) is 0 Å². The van der Waals surface area contributed by atoms with Crippen molar-refractivity contribution in [1.29, 1.82) is 0 Å². The number of hydrogen-bond acceptors (Lipinski definition) is 6. The molecule has 3 aromatic heterocycles. The number of halogens is 2. The Morgan fingerprint density at radius 1 is 1.26 bits per heavy atom. The number of thiazole rings is 1. The first-order chi connectivity index (χ1) is 12.7. The molecule has 0 N–H and O–H groups in total. The zero-order valence-electron chi connectivity index (χ0n) is 15.0. The molecular weight excluding hydrogens is 390 g/mol. The van der Waals surface area contributed by atoms with E-state index in [1.807, 2.05) is 17.5 Å². The van der Waals surface area contributed by atoms with Gasteiger partial charge in [0.05, 0.1) is 20.7 Å². The zero-order chi connectivity index (χ0) is 19.7. The van der Waals surface area contributed by atoms with Crippen LogP contribution in [0.3, 0.4) is 0 Å². The molecule has 0 aliphatic carbocycles. The second-order valence-electron chi connectivity index (χ2n) is 6.22. The van der Waals surface area contributed by atoms with Crippen LogP contribution in [0.4, 0.5) is 13.9 Å². The fourth-order valence-electron chi connectivity index (χ4n) is 2.35. The molecule has 0 saturated heterocycles. The molecule has 5 nitrogen and oxygen atoms in total. The monoisotopic (exact) mass is 408 g/mol. The highest BCUT2D eigenvalue weighted by Crippen LogP contribution is 2.31. The number of hydrogen-bond donors (Lipinski definition) is 0. The minimum absolute atomic E-state index is 0.320. The first kappa shape index (κ1) is 19.5. The van der Waals surface area contributed by atoms with Gasteiger partial charge in [0.15, 0.2) is 0 Å². The van der Waals surface area contributed by atoms with Crippen molar-refractivity contribution in [3.05, 3.63) is 59.5 Å². The Balaban J connectivity index is 1.87. The second-order valence-corrected chi connectivity index (χ2v) is 9.67. The van der Waals surface area contributed by atoms with Gasteiger partial charge in [-0.2, -0.15) is 13.1 Å². The Morgan fingerprint density at radius 3 is 2.63 bits per heavy atom. The second kappa shape index (κ2) is 7.40. The molecule has 0 spiro atoms. The van der Waals surface area contributed by atoms with Crippen LogP contribution in [0.25, 0.3) is 11.3 Å². The van der Waals surface area contributed by atoms with Crippen LogP contribution >= 0.6 is 11.3 Å². The lowest BCUT2D eigenvalue weighted by Crippen LogP contribution is -2.12. The van der Waals surface area contributed by atoms with Crippen molar-refractivity contribution in [3.8, 4) is 11.3 Å². The highest BCUT2D eigenvalue weighted by atomic mass is 32.2. The molecule has 3 heterocycles. The smallest absolute Gasteiger partial charge is 0.264 e. The Labute approximate surface area is 160 Å². The molecule has 0 fully saturated rings. The summed E-state index contributed by atoms with van der Waals surface area (Å²) in [4.78, 5) is 12.3. The molecule has 0 radical (unpaired) electrons. The highest BCUT2D eigenvalue weighted by Gasteiger charge is 2.26. The third-order valence-corrected chi connectivity index (χ3v) is 7.04. The fourth-order valence-corrected chi connectivity index (χ4v) is 4.67. The van der Waals surface area contributed by atoms with Crippen LogP contribution in [0.2, 0.25) is 0 Å². The van der Waals surface area contributed by atoms with Crippen molar-refractivity contribution < 1.29 is 13.0 Å². The molecule has 0 bridgehead atoms.